The topological polar surface area (TPSA) is 130 Å². The number of carbonyl (C=O) groups excluding carboxylic acids is 2. The Morgan fingerprint density at radius 3 is 2.67 bits per heavy atom. The van der Waals surface area contributed by atoms with Crippen LogP contribution in [0.4, 0.5) is 28.3 Å². The molecule has 2 heterocycles. The summed E-state index contributed by atoms with van der Waals surface area (Å²) >= 11 is 0. The molecule has 1 aromatic carbocycles. The van der Waals surface area contributed by atoms with Crippen molar-refractivity contribution in [2.45, 2.75) is 33.2 Å². The van der Waals surface area contributed by atoms with Crippen molar-refractivity contribution in [3.63, 3.8) is 0 Å². The van der Waals surface area contributed by atoms with Crippen LogP contribution in [0.3, 0.4) is 0 Å². The van der Waals surface area contributed by atoms with Gasteiger partial charge in [0, 0.05) is 45.0 Å². The van der Waals surface area contributed by atoms with Crippen LogP contribution in [0.2, 0.25) is 0 Å². The second kappa shape index (κ2) is 11.7. The van der Waals surface area contributed by atoms with E-state index in [0.29, 0.717) is 48.1 Å². The first-order valence-corrected chi connectivity index (χ1v) is 12.0. The summed E-state index contributed by atoms with van der Waals surface area (Å²) in [6.07, 6.45) is 1.95. The average Bonchev–Trinajstić information content (AvgIpc) is 3.33. The molecule has 2 aromatic rings. The van der Waals surface area contributed by atoms with Gasteiger partial charge in [0.2, 0.25) is 23.8 Å². The highest BCUT2D eigenvalue weighted by Gasteiger charge is 2.31. The van der Waals surface area contributed by atoms with Crippen LogP contribution in [-0.2, 0) is 4.74 Å². The van der Waals surface area contributed by atoms with E-state index in [1.54, 1.807) is 23.1 Å². The molecule has 0 aliphatic carbocycles. The first kappa shape index (κ1) is 26.7. The Hall–Kier alpha value is -3.89. The first-order chi connectivity index (χ1) is 17.1. The molecule has 2 amide bonds. The quantitative estimate of drug-likeness (QED) is 0.477. The minimum Gasteiger partial charge on any atom is -0.445 e. The molecule has 1 atom stereocenters. The zero-order chi connectivity index (χ0) is 26.4. The lowest BCUT2D eigenvalue weighted by molar-refractivity contribution is 0.1000. The number of benzene rings is 1. The van der Waals surface area contributed by atoms with Crippen molar-refractivity contribution in [1.82, 2.24) is 19.9 Å². The zero-order valence-corrected chi connectivity index (χ0v) is 21.7. The van der Waals surface area contributed by atoms with Crippen LogP contribution in [0.1, 0.15) is 36.2 Å². The van der Waals surface area contributed by atoms with E-state index in [4.69, 9.17) is 15.5 Å². The highest BCUT2D eigenvalue weighted by molar-refractivity contribution is 5.94. The Kier molecular flexibility index (Phi) is 8.68. The fourth-order valence-electron chi connectivity index (χ4n) is 4.01. The van der Waals surface area contributed by atoms with Crippen molar-refractivity contribution in [1.29, 1.82) is 0 Å². The summed E-state index contributed by atoms with van der Waals surface area (Å²) in [7, 11) is 3.85. The number of aromatic nitrogens is 3. The maximum Gasteiger partial charge on any atom is 0.410 e. The van der Waals surface area contributed by atoms with Crippen LogP contribution in [0, 0.1) is 12.8 Å². The van der Waals surface area contributed by atoms with Gasteiger partial charge in [-0.05, 0) is 37.0 Å². The standard InChI is InChI=1S/C25H36N8O3/c1-7-12-36-25(35)33-11-10-19(15-33)32(6)24-29-22(28-23(30-24)31(5)14-16(2)3)27-20-13-18(21(26)34)9-8-17(20)4/h7-9,13,16,19H,1,10-12,14-15H2,2-6H3,(H2,26,34)(H,27,28,29,30)/t19-/m1/s1. The van der Waals surface area contributed by atoms with E-state index in [1.165, 1.54) is 0 Å². The number of primary amides is 1. The number of nitrogens with one attached hydrogen (secondary N) is 1. The molecule has 3 N–H and O–H groups in total. The van der Waals surface area contributed by atoms with Crippen LogP contribution in [0.25, 0.3) is 0 Å². The minimum absolute atomic E-state index is 0.0136. The molecule has 1 aliphatic heterocycles. The van der Waals surface area contributed by atoms with Gasteiger partial charge >= 0.3 is 6.09 Å². The summed E-state index contributed by atoms with van der Waals surface area (Å²) in [6, 6.07) is 5.20. The molecular weight excluding hydrogens is 460 g/mol. The van der Waals surface area contributed by atoms with Gasteiger partial charge in [0.1, 0.15) is 6.61 Å². The predicted octanol–water partition coefficient (Wildman–Crippen LogP) is 2.95. The number of amides is 2. The lowest BCUT2D eigenvalue weighted by Gasteiger charge is -2.27. The average molecular weight is 497 g/mol. The Labute approximate surface area is 212 Å². The second-order valence-corrected chi connectivity index (χ2v) is 9.42. The number of likely N-dealkylation sites (N-methyl/N-ethyl adjacent to an activating group) is 1. The summed E-state index contributed by atoms with van der Waals surface area (Å²) in [5.74, 6) is 1.25. The molecule has 1 fully saturated rings. The van der Waals surface area contributed by atoms with E-state index < -0.39 is 5.91 Å². The number of rotatable bonds is 10. The minimum atomic E-state index is -0.510. The Bertz CT molecular complexity index is 1110. The highest BCUT2D eigenvalue weighted by Crippen LogP contribution is 2.25. The smallest absolute Gasteiger partial charge is 0.410 e. The zero-order valence-electron chi connectivity index (χ0n) is 21.7. The molecule has 1 aromatic heterocycles. The molecular formula is C25H36N8O3. The fraction of sp³-hybridized carbons (Fsp3) is 0.480. The number of ether oxygens (including phenoxy) is 1. The van der Waals surface area contributed by atoms with Gasteiger partial charge in [-0.25, -0.2) is 4.79 Å². The van der Waals surface area contributed by atoms with Crippen LogP contribution in [0.5, 0.6) is 0 Å². The lowest BCUT2D eigenvalue weighted by Crippen LogP contribution is -2.38. The second-order valence-electron chi connectivity index (χ2n) is 9.42. The molecule has 0 bridgehead atoms. The SMILES string of the molecule is C=CCOC(=O)N1CC[C@@H](N(C)c2nc(Nc3cc(C(N)=O)ccc3C)nc(N(C)CC(C)C)n2)C1. The summed E-state index contributed by atoms with van der Waals surface area (Å²) in [5.41, 5.74) is 7.45. The third-order valence-electron chi connectivity index (χ3n) is 5.97. The van der Waals surface area contributed by atoms with Crippen molar-refractivity contribution in [3.8, 4) is 0 Å². The Balaban J connectivity index is 1.89. The first-order valence-electron chi connectivity index (χ1n) is 12.0. The largest absolute Gasteiger partial charge is 0.445 e. The van der Waals surface area contributed by atoms with Gasteiger partial charge in [0.25, 0.3) is 0 Å². The van der Waals surface area contributed by atoms with Crippen molar-refractivity contribution >= 4 is 35.5 Å². The van der Waals surface area contributed by atoms with Gasteiger partial charge in [-0.1, -0.05) is 32.6 Å². The molecule has 0 saturated carbocycles. The third-order valence-corrected chi connectivity index (χ3v) is 5.97. The molecule has 3 rings (SSSR count). The number of hydrogen-bond donors (Lipinski definition) is 2. The van der Waals surface area contributed by atoms with Crippen LogP contribution in [0.15, 0.2) is 30.9 Å². The van der Waals surface area contributed by atoms with Gasteiger partial charge in [0.15, 0.2) is 0 Å². The van der Waals surface area contributed by atoms with E-state index in [9.17, 15) is 9.59 Å². The number of nitrogens with two attached hydrogens (primary N) is 1. The maximum absolute atomic E-state index is 12.3. The number of hydrogen-bond acceptors (Lipinski definition) is 9. The molecule has 11 nitrogen and oxygen atoms in total. The number of aryl methyl sites for hydroxylation is 1. The molecule has 0 radical (unpaired) electrons. The van der Waals surface area contributed by atoms with Gasteiger partial charge in [-0.15, -0.1) is 0 Å². The van der Waals surface area contributed by atoms with Crippen molar-refractivity contribution in [2.24, 2.45) is 11.7 Å². The Morgan fingerprint density at radius 2 is 2.00 bits per heavy atom. The monoisotopic (exact) mass is 496 g/mol. The number of nitrogens with zero attached hydrogens (tertiary/aromatic N) is 6. The Morgan fingerprint density at radius 1 is 1.28 bits per heavy atom. The summed E-state index contributed by atoms with van der Waals surface area (Å²) < 4.78 is 5.18. The summed E-state index contributed by atoms with van der Waals surface area (Å²) in [6.45, 7) is 11.8. The van der Waals surface area contributed by atoms with Gasteiger partial charge in [-0.2, -0.15) is 15.0 Å². The van der Waals surface area contributed by atoms with E-state index in [1.807, 2.05) is 36.9 Å². The van der Waals surface area contributed by atoms with E-state index in [0.717, 1.165) is 18.5 Å². The molecule has 1 saturated heterocycles. The summed E-state index contributed by atoms with van der Waals surface area (Å²) in [4.78, 5) is 43.6. The number of likely N-dealkylation sites (tertiary alicyclic amines) is 1. The van der Waals surface area contributed by atoms with E-state index in [2.05, 4.69) is 35.7 Å². The highest BCUT2D eigenvalue weighted by atomic mass is 16.6. The van der Waals surface area contributed by atoms with Crippen molar-refractivity contribution in [3.05, 3.63) is 42.0 Å². The normalized spacial score (nSPS) is 15.1. The molecule has 194 valence electrons. The van der Waals surface area contributed by atoms with Crippen molar-refractivity contribution in [2.75, 3.05) is 55.5 Å². The molecule has 0 unspecified atom stereocenters. The maximum atomic E-state index is 12.3. The van der Waals surface area contributed by atoms with Crippen molar-refractivity contribution < 1.29 is 14.3 Å². The lowest BCUT2D eigenvalue weighted by atomic mass is 10.1. The molecule has 11 heteroatoms. The van der Waals surface area contributed by atoms with Gasteiger partial charge in [-0.3, -0.25) is 4.79 Å². The van der Waals surface area contributed by atoms with E-state index in [-0.39, 0.29) is 18.7 Å². The van der Waals surface area contributed by atoms with Crippen LogP contribution >= 0.6 is 0 Å². The van der Waals surface area contributed by atoms with Gasteiger partial charge in [0.05, 0.1) is 6.04 Å². The summed E-state index contributed by atoms with van der Waals surface area (Å²) in [5, 5.41) is 3.23. The van der Waals surface area contributed by atoms with Crippen LogP contribution < -0.4 is 20.9 Å². The molecule has 36 heavy (non-hydrogen) atoms. The fourth-order valence-corrected chi connectivity index (χ4v) is 4.01. The predicted molar refractivity (Wildman–Crippen MR) is 141 cm³/mol. The molecule has 0 spiro atoms. The number of carbonyl (C=O) groups is 2. The number of anilines is 4. The molecule has 1 aliphatic rings. The van der Waals surface area contributed by atoms with E-state index >= 15 is 0 Å². The van der Waals surface area contributed by atoms with Crippen LogP contribution in [-0.4, -0.2) is 78.2 Å². The van der Waals surface area contributed by atoms with Gasteiger partial charge < -0.3 is 30.5 Å². The third kappa shape index (κ3) is 6.61.